The van der Waals surface area contributed by atoms with Gasteiger partial charge in [-0.2, -0.15) is 5.10 Å². The fraction of sp³-hybridized carbons (Fsp3) is 0.0714. The summed E-state index contributed by atoms with van der Waals surface area (Å²) in [5, 5.41) is 4.74. The topological polar surface area (TPSA) is 38.4 Å². The van der Waals surface area contributed by atoms with Gasteiger partial charge in [0.1, 0.15) is 0 Å². The summed E-state index contributed by atoms with van der Waals surface area (Å²) < 4.78 is 0. The first-order valence-corrected chi connectivity index (χ1v) is 6.76. The van der Waals surface area contributed by atoms with E-state index in [4.69, 9.17) is 29.0 Å². The van der Waals surface area contributed by atoms with Crippen LogP contribution in [0.25, 0.3) is 11.1 Å². The molecule has 19 heavy (non-hydrogen) atoms. The molecule has 0 unspecified atom stereocenters. The highest BCUT2D eigenvalue weighted by Crippen LogP contribution is 2.32. The molecule has 5 heteroatoms. The lowest BCUT2D eigenvalue weighted by atomic mass is 10.0. The van der Waals surface area contributed by atoms with Gasteiger partial charge in [0.25, 0.3) is 0 Å². The lowest BCUT2D eigenvalue weighted by Crippen LogP contribution is -1.99. The van der Waals surface area contributed by atoms with Crippen LogP contribution in [-0.2, 0) is 0 Å². The number of thiol groups is 1. The van der Waals surface area contributed by atoms with Gasteiger partial charge in [-0.3, -0.25) is 0 Å². The highest BCUT2D eigenvalue weighted by molar-refractivity contribution is 7.80. The highest BCUT2D eigenvalue weighted by Gasteiger charge is 2.08. The molecule has 2 N–H and O–H groups in total. The molecule has 0 aromatic heterocycles. The standard InChI is InChI=1S/C14H12Cl2N2S/c1-8(18-17)9-3-5-14(19)11(6-9)10-2-4-12(15)13(16)7-10/h2-7,19H,17H2,1H3. The van der Waals surface area contributed by atoms with Gasteiger partial charge in [0.15, 0.2) is 0 Å². The molecule has 0 aliphatic rings. The molecule has 0 fully saturated rings. The maximum absolute atomic E-state index is 6.05. The van der Waals surface area contributed by atoms with Crippen molar-refractivity contribution in [2.75, 3.05) is 0 Å². The number of nitrogens with zero attached hydrogens (tertiary/aromatic N) is 1. The minimum absolute atomic E-state index is 0.515. The Bertz CT molecular complexity index is 654. The first-order valence-electron chi connectivity index (χ1n) is 5.56. The van der Waals surface area contributed by atoms with Gasteiger partial charge >= 0.3 is 0 Å². The van der Waals surface area contributed by atoms with E-state index in [9.17, 15) is 0 Å². The van der Waals surface area contributed by atoms with Crippen LogP contribution in [0.3, 0.4) is 0 Å². The van der Waals surface area contributed by atoms with E-state index in [1.165, 1.54) is 0 Å². The molecular formula is C14H12Cl2N2S. The van der Waals surface area contributed by atoms with Crippen molar-refractivity contribution in [1.82, 2.24) is 0 Å². The Balaban J connectivity index is 2.57. The number of halogens is 2. The predicted molar refractivity (Wildman–Crippen MR) is 85.5 cm³/mol. The van der Waals surface area contributed by atoms with Gasteiger partial charge in [0, 0.05) is 4.90 Å². The zero-order valence-electron chi connectivity index (χ0n) is 10.2. The van der Waals surface area contributed by atoms with Gasteiger partial charge in [-0.1, -0.05) is 35.3 Å². The molecule has 0 aliphatic carbocycles. The van der Waals surface area contributed by atoms with E-state index in [2.05, 4.69) is 17.7 Å². The van der Waals surface area contributed by atoms with Crippen LogP contribution in [0.4, 0.5) is 0 Å². The number of rotatable bonds is 2. The van der Waals surface area contributed by atoms with Crippen LogP contribution in [0.15, 0.2) is 46.4 Å². The minimum Gasteiger partial charge on any atom is -0.323 e. The van der Waals surface area contributed by atoms with Gasteiger partial charge in [0.05, 0.1) is 15.8 Å². The van der Waals surface area contributed by atoms with Crippen molar-refractivity contribution in [2.24, 2.45) is 10.9 Å². The molecule has 2 nitrogen and oxygen atoms in total. The molecule has 2 aromatic rings. The smallest absolute Gasteiger partial charge is 0.0642 e. The summed E-state index contributed by atoms with van der Waals surface area (Å²) in [6.07, 6.45) is 0. The lowest BCUT2D eigenvalue weighted by molar-refractivity contribution is 1.23. The van der Waals surface area contributed by atoms with Crippen LogP contribution in [0.1, 0.15) is 12.5 Å². The van der Waals surface area contributed by atoms with Crippen molar-refractivity contribution in [2.45, 2.75) is 11.8 Å². The quantitative estimate of drug-likeness (QED) is 0.361. The first-order chi connectivity index (χ1) is 9.02. The first kappa shape index (κ1) is 14.3. The van der Waals surface area contributed by atoms with Crippen LogP contribution in [0.5, 0.6) is 0 Å². The molecule has 0 spiro atoms. The molecule has 0 heterocycles. The fourth-order valence-corrected chi connectivity index (χ4v) is 2.30. The van der Waals surface area contributed by atoms with E-state index in [0.29, 0.717) is 10.0 Å². The SMILES string of the molecule is CC(=NN)c1ccc(S)c(-c2ccc(Cl)c(Cl)c2)c1. The van der Waals surface area contributed by atoms with E-state index in [1.807, 2.05) is 37.3 Å². The molecule has 0 radical (unpaired) electrons. The van der Waals surface area contributed by atoms with Crippen molar-refractivity contribution in [3.05, 3.63) is 52.0 Å². The van der Waals surface area contributed by atoms with E-state index in [1.54, 1.807) is 6.07 Å². The molecule has 2 rings (SSSR count). The van der Waals surface area contributed by atoms with Gasteiger partial charge in [-0.25, -0.2) is 0 Å². The van der Waals surface area contributed by atoms with Crippen molar-refractivity contribution in [1.29, 1.82) is 0 Å². The van der Waals surface area contributed by atoms with E-state index in [-0.39, 0.29) is 0 Å². The van der Waals surface area contributed by atoms with Crippen molar-refractivity contribution < 1.29 is 0 Å². The Kier molecular flexibility index (Phi) is 4.40. The van der Waals surface area contributed by atoms with Crippen LogP contribution in [0.2, 0.25) is 10.0 Å². The van der Waals surface area contributed by atoms with Crippen molar-refractivity contribution in [3.63, 3.8) is 0 Å². The lowest BCUT2D eigenvalue weighted by Gasteiger charge is -2.09. The average Bonchev–Trinajstić information content (AvgIpc) is 2.41. The molecule has 0 saturated carbocycles. The second-order valence-corrected chi connectivity index (χ2v) is 5.37. The average molecular weight is 311 g/mol. The molecule has 0 atom stereocenters. The summed E-state index contributed by atoms with van der Waals surface area (Å²) in [7, 11) is 0. The molecule has 0 amide bonds. The predicted octanol–water partition coefficient (Wildman–Crippen LogP) is 4.63. The van der Waals surface area contributed by atoms with E-state index < -0.39 is 0 Å². The van der Waals surface area contributed by atoms with Gasteiger partial charge in [-0.05, 0) is 47.9 Å². The largest absolute Gasteiger partial charge is 0.323 e. The Hall–Kier alpha value is -1.16. The molecular weight excluding hydrogens is 299 g/mol. The maximum Gasteiger partial charge on any atom is 0.0642 e. The van der Waals surface area contributed by atoms with E-state index >= 15 is 0 Å². The van der Waals surface area contributed by atoms with Gasteiger partial charge in [-0.15, -0.1) is 12.6 Å². The molecule has 98 valence electrons. The minimum atomic E-state index is 0.515. The highest BCUT2D eigenvalue weighted by atomic mass is 35.5. The maximum atomic E-state index is 6.05. The Morgan fingerprint density at radius 2 is 1.84 bits per heavy atom. The molecule has 0 aliphatic heterocycles. The second-order valence-electron chi connectivity index (χ2n) is 4.08. The summed E-state index contributed by atoms with van der Waals surface area (Å²) in [5.41, 5.74) is 3.62. The molecule has 0 saturated heterocycles. The summed E-state index contributed by atoms with van der Waals surface area (Å²) >= 11 is 16.4. The van der Waals surface area contributed by atoms with Crippen LogP contribution in [-0.4, -0.2) is 5.71 Å². The summed E-state index contributed by atoms with van der Waals surface area (Å²) in [5.74, 6) is 5.31. The van der Waals surface area contributed by atoms with Gasteiger partial charge < -0.3 is 5.84 Å². The number of hydrogen-bond donors (Lipinski definition) is 2. The fourth-order valence-electron chi connectivity index (χ4n) is 1.73. The van der Waals surface area contributed by atoms with Gasteiger partial charge in [0.2, 0.25) is 0 Å². The van der Waals surface area contributed by atoms with Crippen LogP contribution >= 0.6 is 35.8 Å². The number of hydrogen-bond acceptors (Lipinski definition) is 3. The van der Waals surface area contributed by atoms with Crippen molar-refractivity contribution in [3.8, 4) is 11.1 Å². The summed E-state index contributed by atoms with van der Waals surface area (Å²) in [4.78, 5) is 0.854. The Morgan fingerprint density at radius 1 is 1.11 bits per heavy atom. The second kappa shape index (κ2) is 5.87. The van der Waals surface area contributed by atoms with Crippen molar-refractivity contribution >= 4 is 41.5 Å². The van der Waals surface area contributed by atoms with Crippen LogP contribution in [0, 0.1) is 0 Å². The number of hydrazone groups is 1. The molecule has 2 aromatic carbocycles. The third-order valence-electron chi connectivity index (χ3n) is 2.84. The zero-order valence-corrected chi connectivity index (χ0v) is 12.6. The summed E-state index contributed by atoms with van der Waals surface area (Å²) in [6, 6.07) is 11.3. The Morgan fingerprint density at radius 3 is 2.47 bits per heavy atom. The van der Waals surface area contributed by atoms with Crippen LogP contribution < -0.4 is 5.84 Å². The zero-order chi connectivity index (χ0) is 14.0. The third-order valence-corrected chi connectivity index (χ3v) is 3.97. The monoisotopic (exact) mass is 310 g/mol. The number of benzene rings is 2. The Labute approximate surface area is 127 Å². The molecule has 0 bridgehead atoms. The third kappa shape index (κ3) is 3.06. The number of nitrogens with two attached hydrogens (primary N) is 1. The summed E-state index contributed by atoms with van der Waals surface area (Å²) in [6.45, 7) is 1.85. The normalized spacial score (nSPS) is 11.7. The van der Waals surface area contributed by atoms with E-state index in [0.717, 1.165) is 27.3 Å².